The minimum absolute atomic E-state index is 0.0203. The fourth-order valence-corrected chi connectivity index (χ4v) is 4.04. The highest BCUT2D eigenvalue weighted by molar-refractivity contribution is 7.22. The summed E-state index contributed by atoms with van der Waals surface area (Å²) in [4.78, 5) is 18.9. The van der Waals surface area contributed by atoms with Crippen LogP contribution in [0.4, 0.5) is 24.0 Å². The van der Waals surface area contributed by atoms with Gasteiger partial charge in [-0.3, -0.25) is 4.79 Å². The van der Waals surface area contributed by atoms with E-state index in [2.05, 4.69) is 15.2 Å². The van der Waals surface area contributed by atoms with Gasteiger partial charge in [-0.05, 0) is 36.4 Å². The van der Waals surface area contributed by atoms with Crippen LogP contribution in [0.1, 0.15) is 5.56 Å². The molecule has 0 bridgehead atoms. The van der Waals surface area contributed by atoms with E-state index in [-0.39, 0.29) is 5.75 Å². The molecule has 1 fully saturated rings. The number of morpholine rings is 1. The summed E-state index contributed by atoms with van der Waals surface area (Å²) in [5.74, 6) is -0.488. The van der Waals surface area contributed by atoms with Crippen molar-refractivity contribution in [1.29, 1.82) is 0 Å². The lowest BCUT2D eigenvalue weighted by molar-refractivity contribution is -0.137. The predicted octanol–water partition coefficient (Wildman–Crippen LogP) is 4.17. The van der Waals surface area contributed by atoms with E-state index in [1.54, 1.807) is 6.07 Å². The van der Waals surface area contributed by atoms with Crippen LogP contribution in [0.25, 0.3) is 10.2 Å². The van der Waals surface area contributed by atoms with E-state index < -0.39 is 24.3 Å². The number of ether oxygens (including phenoxy) is 2. The van der Waals surface area contributed by atoms with E-state index in [1.165, 1.54) is 23.5 Å². The van der Waals surface area contributed by atoms with Crippen molar-refractivity contribution in [2.75, 3.05) is 43.1 Å². The molecule has 0 unspecified atom stereocenters. The number of anilines is 2. The van der Waals surface area contributed by atoms with Crippen LogP contribution in [0.2, 0.25) is 0 Å². The summed E-state index contributed by atoms with van der Waals surface area (Å²) in [6.07, 6.45) is -4.47. The van der Waals surface area contributed by atoms with Crippen LogP contribution < -0.4 is 15.0 Å². The summed E-state index contributed by atoms with van der Waals surface area (Å²) in [6.45, 7) is 2.51. The zero-order valence-corrected chi connectivity index (χ0v) is 16.6. The van der Waals surface area contributed by atoms with Crippen LogP contribution >= 0.6 is 11.3 Å². The number of hydrogen-bond donors (Lipinski definition) is 1. The number of rotatable bonds is 5. The molecule has 1 aliphatic heterocycles. The standard InChI is InChI=1S/C20H18F3N3O3S/c21-20(22,23)13-2-1-3-15(10-13)29-12-18(27)24-14-4-5-16-17(11-14)30-19(25-16)26-6-8-28-9-7-26/h1-5,10-11H,6-9,12H2,(H,24,27). The Bertz CT molecular complexity index is 1050. The third-order valence-electron chi connectivity index (χ3n) is 4.47. The Morgan fingerprint density at radius 2 is 2.00 bits per heavy atom. The van der Waals surface area contributed by atoms with Gasteiger partial charge in [-0.15, -0.1) is 0 Å². The molecule has 10 heteroatoms. The van der Waals surface area contributed by atoms with E-state index >= 15 is 0 Å². The number of aromatic nitrogens is 1. The average Bonchev–Trinajstić information content (AvgIpc) is 3.16. The number of hydrogen-bond acceptors (Lipinski definition) is 6. The Labute approximate surface area is 174 Å². The quantitative estimate of drug-likeness (QED) is 0.649. The Kier molecular flexibility index (Phi) is 5.78. The molecular formula is C20H18F3N3O3S. The molecule has 158 valence electrons. The summed E-state index contributed by atoms with van der Waals surface area (Å²) in [7, 11) is 0. The molecule has 4 rings (SSSR count). The molecule has 0 spiro atoms. The summed E-state index contributed by atoms with van der Waals surface area (Å²) >= 11 is 1.53. The van der Waals surface area contributed by atoms with Gasteiger partial charge in [-0.2, -0.15) is 13.2 Å². The number of fused-ring (bicyclic) bond motifs is 1. The van der Waals surface area contributed by atoms with Gasteiger partial charge in [0.25, 0.3) is 5.91 Å². The van der Waals surface area contributed by atoms with Crippen LogP contribution in [-0.2, 0) is 15.7 Å². The Hall–Kier alpha value is -2.85. The Morgan fingerprint density at radius 1 is 1.20 bits per heavy atom. The van der Waals surface area contributed by atoms with Gasteiger partial charge < -0.3 is 19.7 Å². The maximum Gasteiger partial charge on any atom is 0.416 e. The molecule has 0 saturated carbocycles. The third kappa shape index (κ3) is 4.82. The van der Waals surface area contributed by atoms with Crippen LogP contribution in [0.5, 0.6) is 5.75 Å². The normalized spacial score (nSPS) is 14.7. The molecule has 1 aromatic heterocycles. The highest BCUT2D eigenvalue weighted by atomic mass is 32.1. The maximum absolute atomic E-state index is 12.8. The molecule has 2 aromatic carbocycles. The lowest BCUT2D eigenvalue weighted by atomic mass is 10.2. The summed E-state index contributed by atoms with van der Waals surface area (Å²) in [5, 5.41) is 3.60. The maximum atomic E-state index is 12.8. The first kappa shape index (κ1) is 20.4. The Morgan fingerprint density at radius 3 is 2.77 bits per heavy atom. The second-order valence-corrected chi connectivity index (χ2v) is 7.65. The van der Waals surface area contributed by atoms with E-state index in [1.807, 2.05) is 12.1 Å². The number of amides is 1. The summed E-state index contributed by atoms with van der Waals surface area (Å²) < 4.78 is 49.7. The molecule has 0 aliphatic carbocycles. The van der Waals surface area contributed by atoms with Gasteiger partial charge in [0.2, 0.25) is 0 Å². The smallest absolute Gasteiger partial charge is 0.416 e. The summed E-state index contributed by atoms with van der Waals surface area (Å²) in [6, 6.07) is 9.79. The fourth-order valence-electron chi connectivity index (χ4n) is 2.99. The van der Waals surface area contributed by atoms with Crippen molar-refractivity contribution in [3.8, 4) is 5.75 Å². The van der Waals surface area contributed by atoms with Crippen molar-refractivity contribution in [2.45, 2.75) is 6.18 Å². The molecule has 1 saturated heterocycles. The van der Waals surface area contributed by atoms with Crippen molar-refractivity contribution in [2.24, 2.45) is 0 Å². The molecular weight excluding hydrogens is 419 g/mol. The fraction of sp³-hybridized carbons (Fsp3) is 0.300. The second kappa shape index (κ2) is 8.49. The third-order valence-corrected chi connectivity index (χ3v) is 5.55. The number of carbonyl (C=O) groups is 1. The zero-order chi connectivity index (χ0) is 21.1. The molecule has 2 heterocycles. The van der Waals surface area contributed by atoms with Crippen molar-refractivity contribution >= 4 is 38.3 Å². The number of thiazole rings is 1. The monoisotopic (exact) mass is 437 g/mol. The molecule has 1 amide bonds. The number of nitrogens with one attached hydrogen (secondary N) is 1. The van der Waals surface area contributed by atoms with Crippen LogP contribution in [0.15, 0.2) is 42.5 Å². The minimum atomic E-state index is -4.47. The molecule has 30 heavy (non-hydrogen) atoms. The van der Waals surface area contributed by atoms with Crippen molar-refractivity contribution in [1.82, 2.24) is 4.98 Å². The van der Waals surface area contributed by atoms with Gasteiger partial charge in [0.1, 0.15) is 5.75 Å². The van der Waals surface area contributed by atoms with Crippen molar-refractivity contribution in [3.63, 3.8) is 0 Å². The molecule has 3 aromatic rings. The van der Waals surface area contributed by atoms with Gasteiger partial charge in [0.15, 0.2) is 11.7 Å². The highest BCUT2D eigenvalue weighted by Gasteiger charge is 2.30. The number of nitrogens with zero attached hydrogens (tertiary/aromatic N) is 2. The highest BCUT2D eigenvalue weighted by Crippen LogP contribution is 2.32. The second-order valence-electron chi connectivity index (χ2n) is 6.64. The van der Waals surface area contributed by atoms with E-state index in [4.69, 9.17) is 9.47 Å². The minimum Gasteiger partial charge on any atom is -0.484 e. The van der Waals surface area contributed by atoms with E-state index in [0.29, 0.717) is 18.9 Å². The Balaban J connectivity index is 1.38. The lowest BCUT2D eigenvalue weighted by Crippen LogP contribution is -2.36. The van der Waals surface area contributed by atoms with Gasteiger partial charge in [0.05, 0.1) is 29.0 Å². The topological polar surface area (TPSA) is 63.7 Å². The molecule has 6 nitrogen and oxygen atoms in total. The van der Waals surface area contributed by atoms with Crippen molar-refractivity contribution < 1.29 is 27.4 Å². The van der Waals surface area contributed by atoms with E-state index in [0.717, 1.165) is 40.6 Å². The summed E-state index contributed by atoms with van der Waals surface area (Å²) in [5.41, 5.74) is 0.573. The van der Waals surface area contributed by atoms with Crippen LogP contribution in [0.3, 0.4) is 0 Å². The first-order valence-corrected chi connectivity index (χ1v) is 10.0. The predicted molar refractivity (Wildman–Crippen MR) is 108 cm³/mol. The van der Waals surface area contributed by atoms with Crippen molar-refractivity contribution in [3.05, 3.63) is 48.0 Å². The van der Waals surface area contributed by atoms with Crippen LogP contribution in [0, 0.1) is 0 Å². The number of benzene rings is 2. The SMILES string of the molecule is O=C(COc1cccc(C(F)(F)F)c1)Nc1ccc2nc(N3CCOCC3)sc2c1. The van der Waals surface area contributed by atoms with Gasteiger partial charge >= 0.3 is 6.18 Å². The van der Waals surface area contributed by atoms with Gasteiger partial charge in [-0.1, -0.05) is 17.4 Å². The largest absolute Gasteiger partial charge is 0.484 e. The van der Waals surface area contributed by atoms with Gasteiger partial charge in [0, 0.05) is 18.8 Å². The molecule has 0 radical (unpaired) electrons. The zero-order valence-electron chi connectivity index (χ0n) is 15.7. The van der Waals surface area contributed by atoms with Crippen LogP contribution in [-0.4, -0.2) is 43.8 Å². The number of halogens is 3. The first-order chi connectivity index (χ1) is 14.4. The average molecular weight is 437 g/mol. The number of carbonyl (C=O) groups excluding carboxylic acids is 1. The lowest BCUT2D eigenvalue weighted by Gasteiger charge is -2.25. The first-order valence-electron chi connectivity index (χ1n) is 9.22. The molecule has 0 atom stereocenters. The van der Waals surface area contributed by atoms with Gasteiger partial charge in [-0.25, -0.2) is 4.98 Å². The van der Waals surface area contributed by atoms with E-state index in [9.17, 15) is 18.0 Å². The molecule has 1 N–H and O–H groups in total. The molecule has 1 aliphatic rings. The number of alkyl halides is 3.